The fourth-order valence-corrected chi connectivity index (χ4v) is 9.82. The van der Waals surface area contributed by atoms with E-state index in [-0.39, 0.29) is 120 Å². The summed E-state index contributed by atoms with van der Waals surface area (Å²) in [5, 5.41) is 38.0. The number of nitrogens with zero attached hydrogens (tertiary/aromatic N) is 4. The highest BCUT2D eigenvalue weighted by Gasteiger charge is 2.42. The maximum atomic E-state index is 14.6. The summed E-state index contributed by atoms with van der Waals surface area (Å²) in [6.45, 7) is 6.72. The molecule has 28 nitrogen and oxygen atoms in total. The molecule has 0 spiro atoms. The second kappa shape index (κ2) is 34.1. The molecule has 2 aliphatic heterocycles. The molecule has 2 heterocycles. The summed E-state index contributed by atoms with van der Waals surface area (Å²) >= 11 is 0. The quantitative estimate of drug-likeness (QED) is 0.0198. The van der Waals surface area contributed by atoms with Crippen LogP contribution in [0.3, 0.4) is 0 Å². The number of hydrogen-bond donors (Lipinski definition) is 14. The van der Waals surface area contributed by atoms with Crippen molar-refractivity contribution in [1.82, 2.24) is 47.0 Å². The number of aromatic hydroxyl groups is 1. The van der Waals surface area contributed by atoms with E-state index in [2.05, 4.69) is 47.2 Å². The van der Waals surface area contributed by atoms with Crippen molar-refractivity contribution in [3.63, 3.8) is 0 Å². The smallest absolute Gasteiger partial charge is 0.326 e. The number of carboxylic acid groups (broad SMARTS) is 1. The molecule has 28 heteroatoms. The van der Waals surface area contributed by atoms with E-state index < -0.39 is 121 Å². The van der Waals surface area contributed by atoms with Gasteiger partial charge >= 0.3 is 5.97 Å². The summed E-state index contributed by atoms with van der Waals surface area (Å²) in [5.74, 6) is -7.94. The fourth-order valence-electron chi connectivity index (χ4n) is 9.82. The average Bonchev–Trinajstić information content (AvgIpc) is 4.29. The van der Waals surface area contributed by atoms with Crippen LogP contribution < -0.4 is 65.9 Å². The van der Waals surface area contributed by atoms with Crippen molar-refractivity contribution in [2.45, 2.75) is 153 Å². The lowest BCUT2D eigenvalue weighted by atomic mass is 10.0. The molecular weight excluding hydrogens is 1090 g/mol. The summed E-state index contributed by atoms with van der Waals surface area (Å²) < 4.78 is 0. The zero-order valence-electron chi connectivity index (χ0n) is 48.4. The Morgan fingerprint density at radius 3 is 1.62 bits per heavy atom. The highest BCUT2D eigenvalue weighted by atomic mass is 16.4. The Hall–Kier alpha value is -8.56. The number of aliphatic carboxylic acids is 1. The first-order chi connectivity index (χ1) is 39.8. The van der Waals surface area contributed by atoms with Crippen LogP contribution >= 0.6 is 0 Å². The zero-order valence-corrected chi connectivity index (χ0v) is 48.4. The van der Waals surface area contributed by atoms with Crippen LogP contribution in [0.1, 0.15) is 103 Å². The van der Waals surface area contributed by atoms with Gasteiger partial charge in [-0.05, 0) is 106 Å². The van der Waals surface area contributed by atoms with E-state index in [1.54, 1.807) is 42.5 Å². The molecule has 0 aromatic heterocycles. The molecule has 2 saturated heterocycles. The third-order valence-corrected chi connectivity index (χ3v) is 14.0. The number of amides is 9. The highest BCUT2D eigenvalue weighted by molar-refractivity contribution is 5.98. The van der Waals surface area contributed by atoms with E-state index in [9.17, 15) is 58.2 Å². The van der Waals surface area contributed by atoms with Gasteiger partial charge in [-0.25, -0.2) is 4.79 Å². The first-order valence-corrected chi connectivity index (χ1v) is 28.4. The molecule has 0 radical (unpaired) electrons. The Labute approximate surface area is 489 Å². The largest absolute Gasteiger partial charge is 0.508 e. The summed E-state index contributed by atoms with van der Waals surface area (Å²) in [4.78, 5) is 147. The van der Waals surface area contributed by atoms with E-state index in [1.807, 2.05) is 27.7 Å². The number of rotatable bonds is 33. The predicted molar refractivity (Wildman–Crippen MR) is 311 cm³/mol. The van der Waals surface area contributed by atoms with E-state index >= 15 is 0 Å². The minimum atomic E-state index is -1.35. The lowest BCUT2D eigenvalue weighted by molar-refractivity contribution is -0.144. The number of hydrogen-bond acceptors (Lipinski definition) is 14. The molecule has 0 bridgehead atoms. The lowest BCUT2D eigenvalue weighted by Crippen LogP contribution is -2.59. The van der Waals surface area contributed by atoms with Crippen LogP contribution in [0.2, 0.25) is 0 Å². The van der Waals surface area contributed by atoms with Gasteiger partial charge in [0.05, 0.1) is 19.1 Å². The van der Waals surface area contributed by atoms with Gasteiger partial charge in [0.1, 0.15) is 48.0 Å². The molecule has 2 aromatic carbocycles. The van der Waals surface area contributed by atoms with Gasteiger partial charge in [0.25, 0.3) is 0 Å². The van der Waals surface area contributed by atoms with Gasteiger partial charge in [0.15, 0.2) is 11.9 Å². The topological polar surface area (TPSA) is 457 Å². The Bertz CT molecular complexity index is 2630. The maximum absolute atomic E-state index is 14.6. The highest BCUT2D eigenvalue weighted by Crippen LogP contribution is 2.23. The number of guanidine groups is 2. The molecular formula is C56H86N16O12. The molecule has 9 amide bonds. The van der Waals surface area contributed by atoms with Crippen molar-refractivity contribution in [2.24, 2.45) is 50.5 Å². The summed E-state index contributed by atoms with van der Waals surface area (Å²) in [5.41, 5.74) is 29.5. The van der Waals surface area contributed by atoms with E-state index in [1.165, 1.54) is 21.9 Å². The summed E-state index contributed by atoms with van der Waals surface area (Å²) in [7, 11) is 0. The molecule has 462 valence electrons. The van der Waals surface area contributed by atoms with Crippen molar-refractivity contribution < 1.29 is 58.2 Å². The normalized spacial score (nSPS) is 16.8. The van der Waals surface area contributed by atoms with Crippen LogP contribution in [0.15, 0.2) is 64.6 Å². The Morgan fingerprint density at radius 2 is 1.06 bits per heavy atom. The molecule has 84 heavy (non-hydrogen) atoms. The number of likely N-dealkylation sites (tertiary alicyclic amines) is 2. The minimum absolute atomic E-state index is 0.00784. The first-order valence-electron chi connectivity index (χ1n) is 28.4. The van der Waals surface area contributed by atoms with Crippen LogP contribution in [0, 0.1) is 11.8 Å². The van der Waals surface area contributed by atoms with Crippen molar-refractivity contribution in [3.05, 3.63) is 65.7 Å². The van der Waals surface area contributed by atoms with Crippen molar-refractivity contribution in [1.29, 1.82) is 0 Å². The van der Waals surface area contributed by atoms with E-state index in [4.69, 9.17) is 28.7 Å². The number of carbonyl (C=O) groups is 10. The predicted octanol–water partition coefficient (Wildman–Crippen LogP) is -2.57. The van der Waals surface area contributed by atoms with Gasteiger partial charge < -0.3 is 85.9 Å². The molecule has 4 rings (SSSR count). The Morgan fingerprint density at radius 1 is 0.571 bits per heavy atom. The van der Waals surface area contributed by atoms with Gasteiger partial charge in [0.2, 0.25) is 53.2 Å². The molecule has 0 saturated carbocycles. The molecule has 0 aliphatic carbocycles. The monoisotopic (exact) mass is 1170 g/mol. The zero-order chi connectivity index (χ0) is 62.0. The SMILES string of the molecule is CC(C)C[C@H](NC(=O)CNC(=O)[C@@H](N)Cc1ccc(O)cc1)C(=O)NCC(=O)N1CCC[C@H]1C(=O)N[C@@H](CCCN=C(N)N)C(=O)N1CCC[C@H]1C(=O)N[C@@H](CC(C)C)C(=O)N[C@@H](CCCN=C(N)N)C(=O)N[C@@H](Cc1ccccc1)C(=O)O. The van der Waals surface area contributed by atoms with Gasteiger partial charge in [-0.2, -0.15) is 0 Å². The molecule has 0 unspecified atom stereocenters. The van der Waals surface area contributed by atoms with Crippen LogP contribution in [-0.4, -0.2) is 179 Å². The molecule has 8 atom stereocenters. The third-order valence-electron chi connectivity index (χ3n) is 14.0. The standard InChI is InChI=1S/C56H86N16O12/c1-32(2)26-40(66-45(74)30-64-47(76)37(57)28-35-18-20-36(73)21-19-35)48(77)65-31-46(75)71-24-10-16-43(71)51(80)68-39(15-9-23-63-56(60)61)53(82)72-25-11-17-44(72)52(81)69-41(27-33(3)4)50(79)67-38(14-8-22-62-55(58)59)49(78)70-42(54(83)84)29-34-12-6-5-7-13-34/h5-7,12-13,18-21,32-33,37-44,73H,8-11,14-17,22-31,57H2,1-4H3,(H,64,76)(H,65,77)(H,66,74)(H,67,79)(H,68,80)(H,69,81)(H,70,78)(H,83,84)(H4,58,59,62)(H4,60,61,63)/t37-,38-,39-,40-,41-,42-,43-,44-/m0/s1. The Balaban J connectivity index is 1.43. The van der Waals surface area contributed by atoms with Gasteiger partial charge in [-0.3, -0.25) is 53.1 Å². The van der Waals surface area contributed by atoms with Crippen LogP contribution in [0.25, 0.3) is 0 Å². The van der Waals surface area contributed by atoms with E-state index in [0.29, 0.717) is 24.0 Å². The molecule has 2 aliphatic rings. The lowest BCUT2D eigenvalue weighted by Gasteiger charge is -2.32. The maximum Gasteiger partial charge on any atom is 0.326 e. The first kappa shape index (κ1) is 67.9. The van der Waals surface area contributed by atoms with Crippen molar-refractivity contribution >= 4 is 71.1 Å². The van der Waals surface area contributed by atoms with E-state index in [0.717, 1.165) is 0 Å². The van der Waals surface area contributed by atoms with Crippen LogP contribution in [0.4, 0.5) is 0 Å². The number of aliphatic imine (C=N–C) groups is 2. The summed E-state index contributed by atoms with van der Waals surface area (Å²) in [6, 6.07) is 5.48. The van der Waals surface area contributed by atoms with Crippen LogP contribution in [0.5, 0.6) is 5.75 Å². The number of phenols is 1. The van der Waals surface area contributed by atoms with Gasteiger partial charge in [0, 0.05) is 32.6 Å². The van der Waals surface area contributed by atoms with Gasteiger partial charge in [-0.1, -0.05) is 70.2 Å². The van der Waals surface area contributed by atoms with Crippen molar-refractivity contribution in [3.8, 4) is 5.75 Å². The van der Waals surface area contributed by atoms with Crippen molar-refractivity contribution in [2.75, 3.05) is 39.3 Å². The number of carboxylic acids is 1. The summed E-state index contributed by atoms with van der Waals surface area (Å²) in [6.07, 6.45) is 2.03. The molecule has 2 fully saturated rings. The average molecular weight is 1180 g/mol. The van der Waals surface area contributed by atoms with Crippen LogP contribution in [-0.2, 0) is 60.8 Å². The minimum Gasteiger partial charge on any atom is -0.508 e. The Kier molecular flexibility index (Phi) is 27.6. The number of phenolic OH excluding ortho intramolecular Hbond substituents is 1. The van der Waals surface area contributed by atoms with Gasteiger partial charge in [-0.15, -0.1) is 0 Å². The second-order valence-corrected chi connectivity index (χ2v) is 21.9. The number of nitrogens with one attached hydrogen (secondary N) is 7. The molecule has 2 aromatic rings. The third kappa shape index (κ3) is 23.0. The fraction of sp³-hybridized carbons (Fsp3) is 0.571. The number of carbonyl (C=O) groups excluding carboxylic acids is 9. The number of nitrogens with two attached hydrogens (primary N) is 5. The molecule has 19 N–H and O–H groups in total. The second-order valence-electron chi connectivity index (χ2n) is 21.9. The number of benzene rings is 2.